The van der Waals surface area contributed by atoms with Crippen LogP contribution in [0.25, 0.3) is 10.6 Å². The van der Waals surface area contributed by atoms with E-state index in [1.165, 1.54) is 11.3 Å². The van der Waals surface area contributed by atoms with Gasteiger partial charge in [0, 0.05) is 10.0 Å². The number of fused-ring (bicyclic) bond motifs is 1. The molecule has 0 saturated heterocycles. The Hall–Kier alpha value is -2.98. The first-order chi connectivity index (χ1) is 15.5. The number of aromatic nitrogens is 2. The van der Waals surface area contributed by atoms with Gasteiger partial charge in [0.1, 0.15) is 11.0 Å². The zero-order valence-corrected chi connectivity index (χ0v) is 19.8. The summed E-state index contributed by atoms with van der Waals surface area (Å²) in [5, 5.41) is 14.9. The highest BCUT2D eigenvalue weighted by atomic mass is 79.9. The lowest BCUT2D eigenvalue weighted by molar-refractivity contribution is -0.119. The topological polar surface area (TPSA) is 102 Å². The number of carbonyl (C=O) groups excluding carboxylic acids is 2. The van der Waals surface area contributed by atoms with Gasteiger partial charge in [0.2, 0.25) is 17.8 Å². The molecule has 0 saturated carbocycles. The maximum atomic E-state index is 13.0. The Bertz CT molecular complexity index is 1150. The van der Waals surface area contributed by atoms with Crippen molar-refractivity contribution >= 4 is 44.2 Å². The Balaban J connectivity index is 1.48. The number of halogens is 1. The number of hydrogen-bond donors (Lipinski definition) is 2. The van der Waals surface area contributed by atoms with Gasteiger partial charge in [0.15, 0.2) is 11.5 Å². The van der Waals surface area contributed by atoms with E-state index in [4.69, 9.17) is 9.47 Å². The number of carbonyl (C=O) groups is 2. The lowest BCUT2D eigenvalue weighted by atomic mass is 9.98. The Labute approximate surface area is 197 Å². The number of nitrogens with zero attached hydrogens (tertiary/aromatic N) is 2. The molecule has 2 amide bonds. The summed E-state index contributed by atoms with van der Waals surface area (Å²) in [7, 11) is 0. The molecule has 1 aromatic heterocycles. The number of ether oxygens (including phenoxy) is 2. The zero-order valence-electron chi connectivity index (χ0n) is 17.4. The van der Waals surface area contributed by atoms with E-state index in [2.05, 4.69) is 36.8 Å². The molecule has 2 aromatic carbocycles. The van der Waals surface area contributed by atoms with Crippen LogP contribution in [0.4, 0.5) is 5.13 Å². The van der Waals surface area contributed by atoms with Gasteiger partial charge in [0.05, 0.1) is 5.56 Å². The standard InChI is InChI=1S/C22H21BrN4O4S/c1-3-12(2)18(24-19(28)14-6-4-5-7-15(14)23)20(29)25-22-27-26-21(32-22)13-8-9-16-17(10-13)31-11-30-16/h4-10,12,18H,3,11H2,1-2H3,(H,24,28)(H,25,27,29). The molecule has 32 heavy (non-hydrogen) atoms. The Morgan fingerprint density at radius 2 is 1.94 bits per heavy atom. The molecule has 8 nitrogen and oxygen atoms in total. The fourth-order valence-electron chi connectivity index (χ4n) is 3.17. The average molecular weight is 517 g/mol. The van der Waals surface area contributed by atoms with E-state index in [1.807, 2.05) is 38.1 Å². The number of amides is 2. The molecule has 0 aliphatic carbocycles. The predicted octanol–water partition coefficient (Wildman–Crippen LogP) is 4.48. The number of rotatable bonds is 7. The van der Waals surface area contributed by atoms with E-state index in [-0.39, 0.29) is 24.5 Å². The van der Waals surface area contributed by atoms with Crippen molar-refractivity contribution in [2.75, 3.05) is 12.1 Å². The number of hydrogen-bond acceptors (Lipinski definition) is 7. The molecule has 0 radical (unpaired) electrons. The molecule has 0 fully saturated rings. The minimum absolute atomic E-state index is 0.0808. The van der Waals surface area contributed by atoms with Crippen molar-refractivity contribution in [3.8, 4) is 22.1 Å². The first-order valence-electron chi connectivity index (χ1n) is 10.1. The number of benzene rings is 2. The molecule has 2 heterocycles. The Morgan fingerprint density at radius 1 is 1.16 bits per heavy atom. The SMILES string of the molecule is CCC(C)C(NC(=O)c1ccccc1Br)C(=O)Nc1nnc(-c2ccc3c(c2)OCO3)s1. The van der Waals surface area contributed by atoms with E-state index in [0.29, 0.717) is 38.1 Å². The van der Waals surface area contributed by atoms with Gasteiger partial charge in [0.25, 0.3) is 5.91 Å². The summed E-state index contributed by atoms with van der Waals surface area (Å²) in [6, 6.07) is 11.9. The summed E-state index contributed by atoms with van der Waals surface area (Å²) in [5.41, 5.74) is 1.28. The second-order valence-electron chi connectivity index (χ2n) is 7.29. The zero-order chi connectivity index (χ0) is 22.7. The first-order valence-corrected chi connectivity index (χ1v) is 11.7. The molecule has 2 N–H and O–H groups in total. The molecule has 4 rings (SSSR count). The molecule has 166 valence electrons. The van der Waals surface area contributed by atoms with E-state index in [9.17, 15) is 9.59 Å². The fraction of sp³-hybridized carbons (Fsp3) is 0.273. The van der Waals surface area contributed by atoms with Crippen LogP contribution in [-0.2, 0) is 4.79 Å². The van der Waals surface area contributed by atoms with Crippen molar-refractivity contribution in [2.24, 2.45) is 5.92 Å². The summed E-state index contributed by atoms with van der Waals surface area (Å²) >= 11 is 4.62. The normalized spacial score (nSPS) is 14.0. The summed E-state index contributed by atoms with van der Waals surface area (Å²) in [6.45, 7) is 4.08. The highest BCUT2D eigenvalue weighted by molar-refractivity contribution is 9.10. The van der Waals surface area contributed by atoms with Crippen LogP contribution in [0.5, 0.6) is 11.5 Å². The molecule has 3 aromatic rings. The fourth-order valence-corrected chi connectivity index (χ4v) is 4.38. The second kappa shape index (κ2) is 9.66. The van der Waals surface area contributed by atoms with Gasteiger partial charge in [-0.1, -0.05) is 43.7 Å². The van der Waals surface area contributed by atoms with Crippen molar-refractivity contribution in [3.63, 3.8) is 0 Å². The van der Waals surface area contributed by atoms with Crippen LogP contribution in [-0.4, -0.2) is 34.8 Å². The summed E-state index contributed by atoms with van der Waals surface area (Å²) in [5.74, 6) is 0.589. The van der Waals surface area contributed by atoms with E-state index < -0.39 is 6.04 Å². The quantitative estimate of drug-likeness (QED) is 0.479. The van der Waals surface area contributed by atoms with Crippen LogP contribution in [0.15, 0.2) is 46.9 Å². The summed E-state index contributed by atoms with van der Waals surface area (Å²) in [6.07, 6.45) is 0.715. The molecule has 0 spiro atoms. The van der Waals surface area contributed by atoms with Crippen LogP contribution in [0, 0.1) is 5.92 Å². The van der Waals surface area contributed by atoms with Crippen molar-refractivity contribution in [3.05, 3.63) is 52.5 Å². The van der Waals surface area contributed by atoms with Crippen molar-refractivity contribution < 1.29 is 19.1 Å². The number of anilines is 1. The van der Waals surface area contributed by atoms with Gasteiger partial charge >= 0.3 is 0 Å². The van der Waals surface area contributed by atoms with Gasteiger partial charge in [-0.3, -0.25) is 14.9 Å². The summed E-state index contributed by atoms with van der Waals surface area (Å²) in [4.78, 5) is 25.8. The van der Waals surface area contributed by atoms with E-state index >= 15 is 0 Å². The third kappa shape index (κ3) is 4.76. The summed E-state index contributed by atoms with van der Waals surface area (Å²) < 4.78 is 11.4. The van der Waals surface area contributed by atoms with Crippen LogP contribution >= 0.6 is 27.3 Å². The Morgan fingerprint density at radius 3 is 2.72 bits per heavy atom. The first kappa shape index (κ1) is 22.2. The molecule has 2 unspecified atom stereocenters. The molecule has 10 heteroatoms. The van der Waals surface area contributed by atoms with E-state index in [0.717, 1.165) is 5.56 Å². The van der Waals surface area contributed by atoms with E-state index in [1.54, 1.807) is 18.2 Å². The van der Waals surface area contributed by atoms with Gasteiger partial charge in [-0.2, -0.15) is 0 Å². The molecule has 2 atom stereocenters. The molecule has 0 bridgehead atoms. The predicted molar refractivity (Wildman–Crippen MR) is 125 cm³/mol. The minimum Gasteiger partial charge on any atom is -0.454 e. The van der Waals surface area contributed by atoms with Gasteiger partial charge in [-0.25, -0.2) is 0 Å². The molecular formula is C22H21BrN4O4S. The smallest absolute Gasteiger partial charge is 0.253 e. The van der Waals surface area contributed by atoms with Crippen LogP contribution in [0.1, 0.15) is 30.6 Å². The van der Waals surface area contributed by atoms with Crippen molar-refractivity contribution in [1.82, 2.24) is 15.5 Å². The molecule has 1 aliphatic heterocycles. The van der Waals surface area contributed by atoms with Gasteiger partial charge in [-0.15, -0.1) is 10.2 Å². The lowest BCUT2D eigenvalue weighted by Gasteiger charge is -2.23. The Kier molecular flexibility index (Phi) is 6.71. The van der Waals surface area contributed by atoms with Crippen LogP contribution in [0.3, 0.4) is 0 Å². The van der Waals surface area contributed by atoms with Gasteiger partial charge in [-0.05, 0) is 52.2 Å². The minimum atomic E-state index is -0.725. The van der Waals surface area contributed by atoms with Crippen molar-refractivity contribution in [2.45, 2.75) is 26.3 Å². The second-order valence-corrected chi connectivity index (χ2v) is 9.12. The lowest BCUT2D eigenvalue weighted by Crippen LogP contribution is -2.47. The molecular weight excluding hydrogens is 496 g/mol. The van der Waals surface area contributed by atoms with Crippen LogP contribution in [0.2, 0.25) is 0 Å². The maximum Gasteiger partial charge on any atom is 0.253 e. The highest BCUT2D eigenvalue weighted by Gasteiger charge is 2.28. The third-order valence-electron chi connectivity index (χ3n) is 5.18. The third-order valence-corrected chi connectivity index (χ3v) is 6.75. The van der Waals surface area contributed by atoms with Gasteiger partial charge < -0.3 is 14.8 Å². The number of nitrogens with one attached hydrogen (secondary N) is 2. The maximum absolute atomic E-state index is 13.0. The van der Waals surface area contributed by atoms with Crippen molar-refractivity contribution in [1.29, 1.82) is 0 Å². The average Bonchev–Trinajstić information content (AvgIpc) is 3.45. The highest BCUT2D eigenvalue weighted by Crippen LogP contribution is 2.37. The molecule has 1 aliphatic rings. The van der Waals surface area contributed by atoms with Crippen LogP contribution < -0.4 is 20.1 Å². The monoisotopic (exact) mass is 516 g/mol. The largest absolute Gasteiger partial charge is 0.454 e.